The second kappa shape index (κ2) is 5.18. The molecule has 102 valence electrons. The molecule has 1 heterocycles. The van der Waals surface area contributed by atoms with Crippen LogP contribution in [-0.2, 0) is 0 Å². The molecule has 0 bridgehead atoms. The van der Waals surface area contributed by atoms with Crippen molar-refractivity contribution < 1.29 is 0 Å². The maximum Gasteiger partial charge on any atom is 0.0849 e. The van der Waals surface area contributed by atoms with Crippen molar-refractivity contribution in [3.8, 4) is 0 Å². The van der Waals surface area contributed by atoms with Crippen LogP contribution >= 0.6 is 22.9 Å². The fourth-order valence-corrected chi connectivity index (χ4v) is 4.12. The van der Waals surface area contributed by atoms with Gasteiger partial charge in [-0.25, -0.2) is 0 Å². The number of thiophene rings is 1. The van der Waals surface area contributed by atoms with Crippen molar-refractivity contribution in [1.82, 2.24) is 0 Å². The molecule has 0 aliphatic rings. The Morgan fingerprint density at radius 3 is 2.48 bits per heavy atom. The van der Waals surface area contributed by atoms with Crippen molar-refractivity contribution in [3.05, 3.63) is 83.2 Å². The zero-order valence-corrected chi connectivity index (χ0v) is 12.9. The van der Waals surface area contributed by atoms with Crippen LogP contribution in [0.1, 0.15) is 16.5 Å². The van der Waals surface area contributed by atoms with E-state index in [1.54, 1.807) is 11.3 Å². The van der Waals surface area contributed by atoms with Crippen LogP contribution in [0.15, 0.2) is 72.1 Å². The van der Waals surface area contributed by atoms with Crippen molar-refractivity contribution in [2.45, 2.75) is 5.38 Å². The first-order chi connectivity index (χ1) is 10.3. The zero-order chi connectivity index (χ0) is 14.2. The molecule has 21 heavy (non-hydrogen) atoms. The van der Waals surface area contributed by atoms with Crippen LogP contribution < -0.4 is 0 Å². The van der Waals surface area contributed by atoms with E-state index in [9.17, 15) is 0 Å². The summed E-state index contributed by atoms with van der Waals surface area (Å²) in [6.45, 7) is 0. The van der Waals surface area contributed by atoms with Crippen molar-refractivity contribution in [1.29, 1.82) is 0 Å². The summed E-state index contributed by atoms with van der Waals surface area (Å²) in [5.41, 5.74) is 2.35. The minimum absolute atomic E-state index is 0.106. The van der Waals surface area contributed by atoms with Crippen LogP contribution in [0.5, 0.6) is 0 Å². The minimum atomic E-state index is -0.106. The van der Waals surface area contributed by atoms with Crippen LogP contribution in [-0.4, -0.2) is 0 Å². The Hall–Kier alpha value is -1.83. The van der Waals surface area contributed by atoms with E-state index < -0.39 is 0 Å². The molecule has 0 N–H and O–H groups in total. The topological polar surface area (TPSA) is 0 Å². The molecule has 0 aliphatic carbocycles. The van der Waals surface area contributed by atoms with Crippen molar-refractivity contribution >= 4 is 43.8 Å². The summed E-state index contributed by atoms with van der Waals surface area (Å²) in [5.74, 6) is 0. The molecule has 0 saturated carbocycles. The molecule has 2 heteroatoms. The van der Waals surface area contributed by atoms with E-state index in [0.29, 0.717) is 0 Å². The number of halogens is 1. The van der Waals surface area contributed by atoms with Gasteiger partial charge >= 0.3 is 0 Å². The van der Waals surface area contributed by atoms with E-state index in [-0.39, 0.29) is 5.38 Å². The summed E-state index contributed by atoms with van der Waals surface area (Å²) in [5, 5.41) is 5.82. The van der Waals surface area contributed by atoms with Gasteiger partial charge < -0.3 is 0 Å². The molecule has 0 saturated heterocycles. The van der Waals surface area contributed by atoms with Gasteiger partial charge in [0.25, 0.3) is 0 Å². The third kappa shape index (κ3) is 2.23. The maximum atomic E-state index is 6.76. The summed E-state index contributed by atoms with van der Waals surface area (Å²) in [6, 6.07) is 23.3. The molecule has 1 unspecified atom stereocenters. The lowest BCUT2D eigenvalue weighted by Gasteiger charge is -2.10. The number of fused-ring (bicyclic) bond motifs is 2. The molecule has 1 aromatic heterocycles. The van der Waals surface area contributed by atoms with Gasteiger partial charge in [-0.2, -0.15) is 0 Å². The minimum Gasteiger partial charge on any atom is -0.143 e. The summed E-state index contributed by atoms with van der Waals surface area (Å²) in [7, 11) is 0. The van der Waals surface area contributed by atoms with Gasteiger partial charge in [0.2, 0.25) is 0 Å². The van der Waals surface area contributed by atoms with E-state index in [2.05, 4.69) is 72.1 Å². The highest BCUT2D eigenvalue weighted by atomic mass is 35.5. The predicted octanol–water partition coefficient (Wildman–Crippen LogP) is 6.38. The third-order valence-electron chi connectivity index (χ3n) is 3.85. The highest BCUT2D eigenvalue weighted by Gasteiger charge is 2.15. The van der Waals surface area contributed by atoms with Crippen molar-refractivity contribution in [2.24, 2.45) is 0 Å². The molecule has 3 aromatic carbocycles. The first kappa shape index (κ1) is 12.9. The van der Waals surface area contributed by atoms with E-state index in [0.717, 1.165) is 5.56 Å². The SMILES string of the molecule is ClC(c1ccc2ccccc2c1)c1csc2ccccc12. The molecule has 0 spiro atoms. The van der Waals surface area contributed by atoms with Crippen LogP contribution in [0.25, 0.3) is 20.9 Å². The molecule has 1 atom stereocenters. The Labute approximate surface area is 132 Å². The van der Waals surface area contributed by atoms with Crippen LogP contribution in [0, 0.1) is 0 Å². The standard InChI is InChI=1S/C19H13ClS/c20-19(17-12-21-18-8-4-3-7-16(17)18)15-10-9-13-5-1-2-6-14(13)11-15/h1-12,19H. The van der Waals surface area contributed by atoms with Gasteiger partial charge in [0.05, 0.1) is 5.38 Å². The van der Waals surface area contributed by atoms with Gasteiger partial charge in [-0.15, -0.1) is 22.9 Å². The van der Waals surface area contributed by atoms with E-state index in [1.165, 1.54) is 26.4 Å². The van der Waals surface area contributed by atoms with Gasteiger partial charge in [0.1, 0.15) is 0 Å². The zero-order valence-electron chi connectivity index (χ0n) is 11.3. The summed E-state index contributed by atoms with van der Waals surface area (Å²) >= 11 is 8.52. The number of alkyl halides is 1. The third-order valence-corrected chi connectivity index (χ3v) is 5.32. The Morgan fingerprint density at radius 2 is 1.57 bits per heavy atom. The van der Waals surface area contributed by atoms with Gasteiger partial charge in [-0.3, -0.25) is 0 Å². The molecule has 0 amide bonds. The highest BCUT2D eigenvalue weighted by Crippen LogP contribution is 2.38. The predicted molar refractivity (Wildman–Crippen MR) is 93.5 cm³/mol. The summed E-state index contributed by atoms with van der Waals surface area (Å²) < 4.78 is 1.29. The van der Waals surface area contributed by atoms with Crippen LogP contribution in [0.4, 0.5) is 0 Å². The van der Waals surface area contributed by atoms with E-state index in [1.807, 2.05) is 0 Å². The lowest BCUT2D eigenvalue weighted by Crippen LogP contribution is -1.92. The fraction of sp³-hybridized carbons (Fsp3) is 0.0526. The van der Waals surface area contributed by atoms with E-state index >= 15 is 0 Å². The fourth-order valence-electron chi connectivity index (χ4n) is 2.74. The Balaban J connectivity index is 1.83. The second-order valence-corrected chi connectivity index (χ2v) is 6.50. The lowest BCUT2D eigenvalue weighted by molar-refractivity contribution is 1.18. The average molecular weight is 309 g/mol. The highest BCUT2D eigenvalue weighted by molar-refractivity contribution is 7.17. The summed E-state index contributed by atoms with van der Waals surface area (Å²) in [6.07, 6.45) is 0. The molecule has 0 nitrogen and oxygen atoms in total. The van der Waals surface area contributed by atoms with Crippen molar-refractivity contribution in [3.63, 3.8) is 0 Å². The first-order valence-electron chi connectivity index (χ1n) is 6.92. The molecule has 0 fully saturated rings. The average Bonchev–Trinajstić information content (AvgIpc) is 2.98. The maximum absolute atomic E-state index is 6.76. The van der Waals surface area contributed by atoms with Crippen molar-refractivity contribution in [2.75, 3.05) is 0 Å². The lowest BCUT2D eigenvalue weighted by atomic mass is 10.0. The molecular weight excluding hydrogens is 296 g/mol. The molecule has 4 rings (SSSR count). The van der Waals surface area contributed by atoms with E-state index in [4.69, 9.17) is 11.6 Å². The monoisotopic (exact) mass is 308 g/mol. The van der Waals surface area contributed by atoms with Crippen LogP contribution in [0.2, 0.25) is 0 Å². The number of hydrogen-bond donors (Lipinski definition) is 0. The number of benzene rings is 3. The van der Waals surface area contributed by atoms with Gasteiger partial charge in [-0.05, 0) is 44.8 Å². The molecule has 4 aromatic rings. The Bertz CT molecular complexity index is 923. The summed E-state index contributed by atoms with van der Waals surface area (Å²) in [4.78, 5) is 0. The van der Waals surface area contributed by atoms with Gasteiger partial charge in [-0.1, -0.05) is 54.6 Å². The van der Waals surface area contributed by atoms with Crippen LogP contribution in [0.3, 0.4) is 0 Å². The smallest absolute Gasteiger partial charge is 0.0849 e. The van der Waals surface area contributed by atoms with Gasteiger partial charge in [0.15, 0.2) is 0 Å². The van der Waals surface area contributed by atoms with Gasteiger partial charge in [0, 0.05) is 4.70 Å². The normalized spacial score (nSPS) is 12.8. The quantitative estimate of drug-likeness (QED) is 0.377. The molecule has 0 aliphatic heterocycles. The largest absolute Gasteiger partial charge is 0.143 e. The number of hydrogen-bond acceptors (Lipinski definition) is 1. The second-order valence-electron chi connectivity index (χ2n) is 5.16. The Morgan fingerprint density at radius 1 is 0.810 bits per heavy atom. The molecule has 0 radical (unpaired) electrons. The first-order valence-corrected chi connectivity index (χ1v) is 8.23. The molecular formula is C19H13ClS. The number of rotatable bonds is 2. The Kier molecular flexibility index (Phi) is 3.17.